The van der Waals surface area contributed by atoms with Crippen molar-refractivity contribution in [1.82, 2.24) is 19.2 Å². The molecule has 0 aromatic carbocycles. The highest BCUT2D eigenvalue weighted by Crippen LogP contribution is 2.37. The first kappa shape index (κ1) is 25.5. The largest absolute Gasteiger partial charge is 0.455 e. The molecule has 0 saturated carbocycles. The minimum atomic E-state index is -5.93. The average Bonchev–Trinajstić information content (AvgIpc) is 3.11. The Labute approximate surface area is 184 Å². The first-order valence-corrected chi connectivity index (χ1v) is 10.6. The predicted molar refractivity (Wildman–Crippen MR) is 98.3 cm³/mol. The molecule has 0 aliphatic carbocycles. The van der Waals surface area contributed by atoms with Crippen LogP contribution in [0.4, 0.5) is 35.1 Å². The zero-order valence-corrected chi connectivity index (χ0v) is 17.5. The van der Waals surface area contributed by atoms with Crippen LogP contribution >= 0.6 is 0 Å². The molecule has 0 spiro atoms. The minimum Gasteiger partial charge on any atom is -0.268 e. The van der Waals surface area contributed by atoms with Crippen LogP contribution in [0.3, 0.4) is 0 Å². The van der Waals surface area contributed by atoms with E-state index < -0.39 is 69.6 Å². The number of nitrogens with zero attached hydrogens (tertiary/aromatic N) is 4. The summed E-state index contributed by atoms with van der Waals surface area (Å²) in [4.78, 5) is 16.2. The summed E-state index contributed by atoms with van der Waals surface area (Å²) in [6.07, 6.45) is -8.48. The van der Waals surface area contributed by atoms with Crippen molar-refractivity contribution in [3.8, 4) is 11.1 Å². The third kappa shape index (κ3) is 5.35. The smallest absolute Gasteiger partial charge is 0.268 e. The highest BCUT2D eigenvalue weighted by Gasteiger charge is 2.57. The minimum absolute atomic E-state index is 0.0559. The lowest BCUT2D eigenvalue weighted by Gasteiger charge is -2.19. The molecule has 8 nitrogen and oxygen atoms in total. The van der Waals surface area contributed by atoms with Gasteiger partial charge in [-0.05, 0) is 17.7 Å². The van der Waals surface area contributed by atoms with Gasteiger partial charge in [0, 0.05) is 18.0 Å². The summed E-state index contributed by atoms with van der Waals surface area (Å²) in [5.41, 5.74) is -5.39. The Morgan fingerprint density at radius 1 is 1.09 bits per heavy atom. The van der Waals surface area contributed by atoms with Gasteiger partial charge in [-0.1, -0.05) is 0 Å². The number of hydrogen-bond acceptors (Lipinski definition) is 6. The van der Waals surface area contributed by atoms with Crippen molar-refractivity contribution < 1.29 is 47.7 Å². The molecule has 3 aromatic heterocycles. The summed E-state index contributed by atoms with van der Waals surface area (Å²) in [5, 5.41) is 3.22. The van der Waals surface area contributed by atoms with Crippen LogP contribution < -0.4 is 5.56 Å². The number of aromatic nitrogens is 4. The summed E-state index contributed by atoms with van der Waals surface area (Å²) in [5.74, 6) is -5.23. The zero-order chi connectivity index (χ0) is 25.7. The molecule has 3 heterocycles. The van der Waals surface area contributed by atoms with Crippen LogP contribution in [-0.2, 0) is 33.6 Å². The lowest BCUT2D eigenvalue weighted by molar-refractivity contribution is -0.287. The molecule has 0 unspecified atom stereocenters. The molecule has 186 valence electrons. The van der Waals surface area contributed by atoms with Gasteiger partial charge in [-0.3, -0.25) is 18.1 Å². The van der Waals surface area contributed by atoms with E-state index in [1.165, 1.54) is 0 Å². The Balaban J connectivity index is 2.12. The van der Waals surface area contributed by atoms with Crippen molar-refractivity contribution in [2.24, 2.45) is 0 Å². The van der Waals surface area contributed by atoms with E-state index in [0.29, 0.717) is 16.8 Å². The zero-order valence-electron chi connectivity index (χ0n) is 16.7. The van der Waals surface area contributed by atoms with Crippen LogP contribution in [0.15, 0.2) is 35.5 Å². The number of fused-ring (bicyclic) bond motifs is 1. The molecule has 0 aliphatic rings. The monoisotopic (exact) mass is 520 g/mol. The molecule has 0 atom stereocenters. The fourth-order valence-electron chi connectivity index (χ4n) is 2.78. The fraction of sp³-hybridized carbons (Fsp3) is 0.353. The number of halogens is 8. The van der Waals surface area contributed by atoms with E-state index in [0.717, 1.165) is 24.6 Å². The van der Waals surface area contributed by atoms with E-state index in [4.69, 9.17) is 0 Å². The second-order valence-electron chi connectivity index (χ2n) is 7.00. The molecule has 0 fully saturated rings. The highest BCUT2D eigenvalue weighted by atomic mass is 32.2. The van der Waals surface area contributed by atoms with Crippen molar-refractivity contribution in [3.05, 3.63) is 52.3 Å². The van der Waals surface area contributed by atoms with Gasteiger partial charge in [0.15, 0.2) is 5.69 Å². The van der Waals surface area contributed by atoms with Gasteiger partial charge in [-0.2, -0.15) is 48.6 Å². The number of hydrogen-bond donors (Lipinski definition) is 0. The topological polar surface area (TPSA) is 95.6 Å². The second-order valence-corrected chi connectivity index (χ2v) is 8.64. The third-order valence-electron chi connectivity index (χ3n) is 4.30. The Morgan fingerprint density at radius 2 is 1.74 bits per heavy atom. The average molecular weight is 520 g/mol. The van der Waals surface area contributed by atoms with Gasteiger partial charge >= 0.3 is 18.3 Å². The van der Waals surface area contributed by atoms with Crippen molar-refractivity contribution >= 4 is 15.8 Å². The van der Waals surface area contributed by atoms with Gasteiger partial charge in [0.2, 0.25) is 0 Å². The molecule has 0 bridgehead atoms. The predicted octanol–water partition coefficient (Wildman–Crippen LogP) is 3.25. The van der Waals surface area contributed by atoms with Crippen molar-refractivity contribution in [2.45, 2.75) is 31.4 Å². The van der Waals surface area contributed by atoms with Crippen molar-refractivity contribution in [1.29, 1.82) is 0 Å². The second kappa shape index (κ2) is 8.30. The summed E-state index contributed by atoms with van der Waals surface area (Å²) in [6.45, 7) is -2.58. The van der Waals surface area contributed by atoms with Crippen molar-refractivity contribution in [3.63, 3.8) is 0 Å². The van der Waals surface area contributed by atoms with Crippen LogP contribution in [0.1, 0.15) is 11.3 Å². The molecule has 0 aliphatic heterocycles. The number of rotatable bonds is 6. The van der Waals surface area contributed by atoms with Crippen molar-refractivity contribution in [2.75, 3.05) is 6.26 Å². The molecule has 3 rings (SSSR count). The molecule has 0 saturated heterocycles. The maximum atomic E-state index is 13.7. The van der Waals surface area contributed by atoms with Gasteiger partial charge < -0.3 is 0 Å². The molecular formula is C17H12F8N4O4S. The molecule has 17 heteroatoms. The van der Waals surface area contributed by atoms with E-state index in [1.807, 2.05) is 0 Å². The first-order valence-electron chi connectivity index (χ1n) is 8.83. The van der Waals surface area contributed by atoms with E-state index in [1.54, 1.807) is 0 Å². The Hall–Kier alpha value is -3.08. The van der Waals surface area contributed by atoms with E-state index in [9.17, 15) is 48.3 Å². The molecule has 0 radical (unpaired) electrons. The molecule has 3 aromatic rings. The highest BCUT2D eigenvalue weighted by molar-refractivity contribution is 7.85. The Bertz CT molecular complexity index is 1390. The normalized spacial score (nSPS) is 13.6. The van der Waals surface area contributed by atoms with Crippen LogP contribution in [0.2, 0.25) is 0 Å². The van der Waals surface area contributed by atoms with Gasteiger partial charge in [0.25, 0.3) is 15.7 Å². The molecule has 34 heavy (non-hydrogen) atoms. The van der Waals surface area contributed by atoms with Crippen LogP contribution in [0.25, 0.3) is 16.8 Å². The quantitative estimate of drug-likeness (QED) is 0.366. The Morgan fingerprint density at radius 3 is 2.29 bits per heavy atom. The maximum absolute atomic E-state index is 13.7. The van der Waals surface area contributed by atoms with Gasteiger partial charge in [-0.25, -0.2) is 4.98 Å². The van der Waals surface area contributed by atoms with Gasteiger partial charge in [0.05, 0.1) is 24.6 Å². The molecular weight excluding hydrogens is 508 g/mol. The van der Waals surface area contributed by atoms with E-state index in [-0.39, 0.29) is 10.2 Å². The van der Waals surface area contributed by atoms with Crippen LogP contribution in [-0.4, -0.2) is 45.9 Å². The van der Waals surface area contributed by atoms with Gasteiger partial charge in [0.1, 0.15) is 12.2 Å². The number of alkyl halides is 8. The summed E-state index contributed by atoms with van der Waals surface area (Å²) in [6, 6.07) is 2.12. The van der Waals surface area contributed by atoms with Gasteiger partial charge in [-0.15, -0.1) is 0 Å². The molecule has 0 N–H and O–H groups in total. The summed E-state index contributed by atoms with van der Waals surface area (Å²) < 4.78 is 132. The summed E-state index contributed by atoms with van der Waals surface area (Å²) >= 11 is 0. The standard InChI is InChI=1S/C17H12F8N4O4S/c1-34(31,32)33-7-9-2-3-29-11(4-9)27-13(16(20,21)22)12(14(29)30)10-5-26-28(6-10)8-15(18,19)17(23,24)25/h2-6H,7-8H2,1H3. The lowest BCUT2D eigenvalue weighted by atomic mass is 10.1. The SMILES string of the molecule is CS(=O)(=O)OCc1ccn2c(=O)c(-c3cnn(CC(F)(F)C(F)(F)F)c3)c(C(F)(F)F)nc2c1. The Kier molecular flexibility index (Phi) is 6.23. The third-order valence-corrected chi connectivity index (χ3v) is 4.85. The maximum Gasteiger partial charge on any atom is 0.455 e. The van der Waals surface area contributed by atoms with E-state index in [2.05, 4.69) is 14.3 Å². The van der Waals surface area contributed by atoms with E-state index >= 15 is 0 Å². The van der Waals surface area contributed by atoms with Crippen LogP contribution in [0.5, 0.6) is 0 Å². The number of pyridine rings is 1. The fourth-order valence-corrected chi connectivity index (χ4v) is 3.13. The summed E-state index contributed by atoms with van der Waals surface area (Å²) in [7, 11) is -3.88. The van der Waals surface area contributed by atoms with Crippen LogP contribution in [0, 0.1) is 0 Å². The lowest BCUT2D eigenvalue weighted by Crippen LogP contribution is -2.40. The molecule has 0 amide bonds. The first-order chi connectivity index (χ1) is 15.4.